The van der Waals surface area contributed by atoms with Crippen LogP contribution >= 0.6 is 11.3 Å². The molecule has 7 nitrogen and oxygen atoms in total. The Labute approximate surface area is 172 Å². The van der Waals surface area contributed by atoms with Crippen molar-refractivity contribution in [1.29, 1.82) is 0 Å². The number of thiophene rings is 1. The van der Waals surface area contributed by atoms with Crippen molar-refractivity contribution in [1.82, 2.24) is 0 Å². The smallest absolute Gasteiger partial charge is 0.349 e. The predicted molar refractivity (Wildman–Crippen MR) is 111 cm³/mol. The van der Waals surface area contributed by atoms with Gasteiger partial charge in [0.15, 0.2) is 0 Å². The highest BCUT2D eigenvalue weighted by atomic mass is 32.2. The SMILES string of the molecule is COC(=O)c1scc(-c2ccccc2)c1S(=O)(=O)Nc1cc(OC)ccc1OC. The molecule has 29 heavy (non-hydrogen) atoms. The van der Waals surface area contributed by atoms with Crippen molar-refractivity contribution >= 4 is 33.0 Å². The largest absolute Gasteiger partial charge is 0.497 e. The number of carbonyl (C=O) groups excluding carboxylic acids is 1. The van der Waals surface area contributed by atoms with Gasteiger partial charge in [0.2, 0.25) is 0 Å². The Hall–Kier alpha value is -3.04. The minimum Gasteiger partial charge on any atom is -0.497 e. The summed E-state index contributed by atoms with van der Waals surface area (Å²) < 4.78 is 44.4. The van der Waals surface area contributed by atoms with Crippen molar-refractivity contribution in [2.24, 2.45) is 0 Å². The van der Waals surface area contributed by atoms with Crippen LogP contribution in [0.15, 0.2) is 58.8 Å². The molecule has 0 aliphatic carbocycles. The molecule has 0 spiro atoms. The van der Waals surface area contributed by atoms with Crippen LogP contribution in [0, 0.1) is 0 Å². The second-order valence-corrected chi connectivity index (χ2v) is 8.34. The molecular weight excluding hydrogens is 414 g/mol. The van der Waals surface area contributed by atoms with E-state index in [1.807, 2.05) is 6.07 Å². The molecule has 0 atom stereocenters. The summed E-state index contributed by atoms with van der Waals surface area (Å²) in [6, 6.07) is 13.7. The van der Waals surface area contributed by atoms with Gasteiger partial charge >= 0.3 is 5.97 Å². The molecule has 1 aromatic heterocycles. The Morgan fingerprint density at radius 1 is 1.00 bits per heavy atom. The molecule has 0 aliphatic heterocycles. The number of sulfonamides is 1. The van der Waals surface area contributed by atoms with Crippen molar-refractivity contribution in [3.05, 3.63) is 58.8 Å². The van der Waals surface area contributed by atoms with Gasteiger partial charge in [-0.25, -0.2) is 13.2 Å². The summed E-state index contributed by atoms with van der Waals surface area (Å²) in [6.07, 6.45) is 0. The van der Waals surface area contributed by atoms with Gasteiger partial charge in [-0.2, -0.15) is 0 Å². The number of anilines is 1. The maximum Gasteiger partial charge on any atom is 0.349 e. The molecule has 152 valence electrons. The molecule has 3 aromatic rings. The van der Waals surface area contributed by atoms with Gasteiger partial charge in [-0.15, -0.1) is 11.3 Å². The lowest BCUT2D eigenvalue weighted by Gasteiger charge is -2.14. The number of benzene rings is 2. The fourth-order valence-electron chi connectivity index (χ4n) is 2.75. The van der Waals surface area contributed by atoms with E-state index in [1.165, 1.54) is 27.4 Å². The molecule has 0 fully saturated rings. The van der Waals surface area contributed by atoms with Gasteiger partial charge in [0, 0.05) is 17.0 Å². The Bertz CT molecular complexity index is 1120. The highest BCUT2D eigenvalue weighted by molar-refractivity contribution is 7.93. The van der Waals surface area contributed by atoms with Gasteiger partial charge in [0.1, 0.15) is 21.3 Å². The van der Waals surface area contributed by atoms with Crippen LogP contribution in [0.2, 0.25) is 0 Å². The number of ether oxygens (including phenoxy) is 3. The predicted octanol–water partition coefficient (Wildman–Crippen LogP) is 4.02. The van der Waals surface area contributed by atoms with Gasteiger partial charge in [0.25, 0.3) is 10.0 Å². The maximum atomic E-state index is 13.4. The molecule has 3 rings (SSSR count). The third-order valence-corrected chi connectivity index (χ3v) is 6.66. The summed E-state index contributed by atoms with van der Waals surface area (Å²) >= 11 is 1.01. The molecule has 0 aliphatic rings. The summed E-state index contributed by atoms with van der Waals surface area (Å²) in [7, 11) is -0.0565. The Morgan fingerprint density at radius 3 is 2.34 bits per heavy atom. The van der Waals surface area contributed by atoms with E-state index < -0.39 is 16.0 Å². The highest BCUT2D eigenvalue weighted by Crippen LogP contribution is 2.38. The van der Waals surface area contributed by atoms with Crippen LogP contribution in [0.1, 0.15) is 9.67 Å². The Morgan fingerprint density at radius 2 is 1.72 bits per heavy atom. The molecule has 0 radical (unpaired) electrons. The second kappa shape index (κ2) is 8.54. The Kier molecular flexibility index (Phi) is 6.09. The zero-order valence-electron chi connectivity index (χ0n) is 16.0. The lowest BCUT2D eigenvalue weighted by Crippen LogP contribution is -2.17. The molecule has 9 heteroatoms. The molecule has 0 bridgehead atoms. The molecule has 2 aromatic carbocycles. The lowest BCUT2D eigenvalue weighted by molar-refractivity contribution is 0.0602. The standard InChI is InChI=1S/C20H19NO6S2/c1-25-14-9-10-17(26-2)16(11-14)21-29(23,24)19-15(13-7-5-4-6-8-13)12-28-18(19)20(22)27-3/h4-12,21H,1-3H3. The van der Waals surface area contributed by atoms with Crippen molar-refractivity contribution in [2.75, 3.05) is 26.1 Å². The molecule has 1 heterocycles. The quantitative estimate of drug-likeness (QED) is 0.566. The first-order valence-electron chi connectivity index (χ1n) is 8.41. The van der Waals surface area contributed by atoms with Crippen molar-refractivity contribution in [2.45, 2.75) is 4.90 Å². The number of esters is 1. The molecule has 0 amide bonds. The highest BCUT2D eigenvalue weighted by Gasteiger charge is 2.30. The summed E-state index contributed by atoms with van der Waals surface area (Å²) in [5, 5.41) is 1.62. The van der Waals surface area contributed by atoms with Crippen molar-refractivity contribution < 1.29 is 27.4 Å². The third kappa shape index (κ3) is 4.20. The van der Waals surface area contributed by atoms with Gasteiger partial charge in [-0.05, 0) is 17.7 Å². The number of nitrogens with one attached hydrogen (secondary N) is 1. The number of hydrogen-bond acceptors (Lipinski definition) is 7. The summed E-state index contributed by atoms with van der Waals surface area (Å²) in [5.41, 5.74) is 1.26. The van der Waals surface area contributed by atoms with Crippen LogP contribution in [0.3, 0.4) is 0 Å². The monoisotopic (exact) mass is 433 g/mol. The molecule has 1 N–H and O–H groups in total. The van der Waals surface area contributed by atoms with Crippen LogP contribution in [0.4, 0.5) is 5.69 Å². The minimum absolute atomic E-state index is 0.0132. The average molecular weight is 434 g/mol. The van der Waals surface area contributed by atoms with Gasteiger partial charge in [0.05, 0.1) is 27.0 Å². The van der Waals surface area contributed by atoms with E-state index in [1.54, 1.807) is 41.8 Å². The van der Waals surface area contributed by atoms with Crippen LogP contribution in [-0.4, -0.2) is 35.7 Å². The summed E-state index contributed by atoms with van der Waals surface area (Å²) in [6.45, 7) is 0. The Balaban J connectivity index is 2.16. The zero-order chi connectivity index (χ0) is 21.0. The minimum atomic E-state index is -4.17. The van der Waals surface area contributed by atoms with Crippen LogP contribution in [0.25, 0.3) is 11.1 Å². The van der Waals surface area contributed by atoms with Gasteiger partial charge in [-0.3, -0.25) is 4.72 Å². The number of hydrogen-bond donors (Lipinski definition) is 1. The maximum absolute atomic E-state index is 13.4. The van der Waals surface area contributed by atoms with Crippen molar-refractivity contribution in [3.8, 4) is 22.6 Å². The fraction of sp³-hybridized carbons (Fsp3) is 0.150. The molecular formula is C20H19NO6S2. The van der Waals surface area contributed by atoms with Crippen LogP contribution in [0.5, 0.6) is 11.5 Å². The van der Waals surface area contributed by atoms with E-state index in [0.29, 0.717) is 22.6 Å². The lowest BCUT2D eigenvalue weighted by atomic mass is 10.1. The zero-order valence-corrected chi connectivity index (χ0v) is 17.6. The normalized spacial score (nSPS) is 11.0. The first kappa shape index (κ1) is 20.7. The van der Waals surface area contributed by atoms with Crippen LogP contribution in [-0.2, 0) is 14.8 Å². The van der Waals surface area contributed by atoms with Gasteiger partial charge < -0.3 is 14.2 Å². The van der Waals surface area contributed by atoms with Crippen LogP contribution < -0.4 is 14.2 Å². The summed E-state index contributed by atoms with van der Waals surface area (Å²) in [5.74, 6) is 0.0333. The van der Waals surface area contributed by atoms with Crippen molar-refractivity contribution in [3.63, 3.8) is 0 Å². The van der Waals surface area contributed by atoms with E-state index in [0.717, 1.165) is 11.3 Å². The average Bonchev–Trinajstić information content (AvgIpc) is 3.20. The number of methoxy groups -OCH3 is 3. The first-order valence-corrected chi connectivity index (χ1v) is 10.8. The fourth-order valence-corrected chi connectivity index (χ4v) is 5.53. The third-order valence-electron chi connectivity index (χ3n) is 4.12. The molecule has 0 unspecified atom stereocenters. The second-order valence-electron chi connectivity index (χ2n) is 5.84. The summed E-state index contributed by atoms with van der Waals surface area (Å²) in [4.78, 5) is 12.1. The number of carbonyl (C=O) groups is 1. The van der Waals surface area contributed by atoms with E-state index >= 15 is 0 Å². The van der Waals surface area contributed by atoms with Gasteiger partial charge in [-0.1, -0.05) is 30.3 Å². The van der Waals surface area contributed by atoms with E-state index in [9.17, 15) is 13.2 Å². The van der Waals surface area contributed by atoms with E-state index in [-0.39, 0.29) is 15.5 Å². The van der Waals surface area contributed by atoms with E-state index in [4.69, 9.17) is 14.2 Å². The van der Waals surface area contributed by atoms with E-state index in [2.05, 4.69) is 4.72 Å². The molecule has 0 saturated carbocycles. The first-order chi connectivity index (χ1) is 13.9. The molecule has 0 saturated heterocycles. The topological polar surface area (TPSA) is 90.9 Å². The number of rotatable bonds is 7.